The van der Waals surface area contributed by atoms with Crippen molar-refractivity contribution in [2.45, 2.75) is 31.8 Å². The number of carbonyl (C=O) groups is 2. The lowest BCUT2D eigenvalue weighted by atomic mass is 10.0. The van der Waals surface area contributed by atoms with Crippen molar-refractivity contribution in [3.8, 4) is 0 Å². The Balaban J connectivity index is 2.22. The van der Waals surface area contributed by atoms with Crippen LogP contribution in [0.2, 0.25) is 0 Å². The molecule has 0 saturated carbocycles. The van der Waals surface area contributed by atoms with E-state index < -0.39 is 24.0 Å². The van der Waals surface area contributed by atoms with Gasteiger partial charge in [-0.25, -0.2) is 13.9 Å². The highest BCUT2D eigenvalue weighted by Crippen LogP contribution is 2.16. The van der Waals surface area contributed by atoms with Gasteiger partial charge in [0.15, 0.2) is 0 Å². The molecule has 1 amide bonds. The van der Waals surface area contributed by atoms with Crippen molar-refractivity contribution >= 4 is 11.9 Å². The minimum atomic E-state index is -1.16. The van der Waals surface area contributed by atoms with Crippen molar-refractivity contribution in [2.75, 3.05) is 13.7 Å². The van der Waals surface area contributed by atoms with Gasteiger partial charge in [0.25, 0.3) is 0 Å². The lowest BCUT2D eigenvalue weighted by Crippen LogP contribution is -2.45. The first-order chi connectivity index (χ1) is 12.4. The fourth-order valence-electron chi connectivity index (χ4n) is 2.42. The van der Waals surface area contributed by atoms with Crippen LogP contribution >= 0.6 is 0 Å². The number of halogens is 1. The zero-order valence-electron chi connectivity index (χ0n) is 14.4. The molecule has 2 atom stereocenters. The summed E-state index contributed by atoms with van der Waals surface area (Å²) in [7, 11) is 1.45. The number of aryl methyl sites for hydroxylation is 1. The van der Waals surface area contributed by atoms with Crippen LogP contribution in [0.4, 0.5) is 4.39 Å². The third kappa shape index (κ3) is 5.06. The van der Waals surface area contributed by atoms with E-state index in [0.29, 0.717) is 11.4 Å². The number of hydrogen-bond acceptors (Lipinski definition) is 6. The number of amides is 1. The van der Waals surface area contributed by atoms with E-state index in [1.807, 2.05) is 0 Å². The van der Waals surface area contributed by atoms with Gasteiger partial charge in [-0.15, -0.1) is 5.10 Å². The Morgan fingerprint density at radius 1 is 1.35 bits per heavy atom. The molecular formula is C16H20FN5O4. The number of hydrogen-bond donors (Lipinski definition) is 2. The number of nitrogens with one attached hydrogen (secondary N) is 1. The predicted octanol–water partition coefficient (Wildman–Crippen LogP) is 0.510. The van der Waals surface area contributed by atoms with Gasteiger partial charge in [-0.3, -0.25) is 4.79 Å². The Kier molecular flexibility index (Phi) is 6.73. The molecule has 140 valence electrons. The standard InChI is InChI=1S/C16H20FN5O4/c1-10-19-20-21-22(10)14(9-11-3-5-12(17)6-4-11)15(23)18-13(16(24)25)7-8-26-2/h3-6,13-14H,7-9H2,1-2H3,(H,18,23)(H,24,25). The number of benzene rings is 1. The molecule has 0 saturated heterocycles. The summed E-state index contributed by atoms with van der Waals surface area (Å²) in [6, 6.07) is 3.70. The normalized spacial score (nSPS) is 13.2. The molecule has 2 rings (SSSR count). The van der Waals surface area contributed by atoms with Crippen molar-refractivity contribution in [1.82, 2.24) is 25.5 Å². The first-order valence-corrected chi connectivity index (χ1v) is 7.93. The van der Waals surface area contributed by atoms with Gasteiger partial charge in [0.05, 0.1) is 0 Å². The minimum absolute atomic E-state index is 0.120. The SMILES string of the molecule is COCCC(NC(=O)C(Cc1ccc(F)cc1)n1nnnc1C)C(=O)O. The molecular weight excluding hydrogens is 345 g/mol. The summed E-state index contributed by atoms with van der Waals surface area (Å²) in [6.45, 7) is 1.81. The number of ether oxygens (including phenoxy) is 1. The van der Waals surface area contributed by atoms with Crippen LogP contribution in [0.5, 0.6) is 0 Å². The fourth-order valence-corrected chi connectivity index (χ4v) is 2.42. The van der Waals surface area contributed by atoms with E-state index in [9.17, 15) is 19.1 Å². The van der Waals surface area contributed by atoms with Crippen molar-refractivity contribution in [2.24, 2.45) is 0 Å². The van der Waals surface area contributed by atoms with Crippen LogP contribution in [-0.4, -0.2) is 56.9 Å². The van der Waals surface area contributed by atoms with Crippen molar-refractivity contribution in [3.05, 3.63) is 41.5 Å². The quantitative estimate of drug-likeness (QED) is 0.664. The van der Waals surface area contributed by atoms with Gasteiger partial charge in [-0.2, -0.15) is 0 Å². The molecule has 2 N–H and O–H groups in total. The van der Waals surface area contributed by atoms with E-state index in [4.69, 9.17) is 4.74 Å². The van der Waals surface area contributed by atoms with E-state index in [1.165, 1.54) is 23.9 Å². The highest BCUT2D eigenvalue weighted by molar-refractivity contribution is 5.86. The lowest BCUT2D eigenvalue weighted by Gasteiger charge is -2.21. The highest BCUT2D eigenvalue weighted by atomic mass is 19.1. The third-order valence-electron chi connectivity index (χ3n) is 3.82. The maximum atomic E-state index is 13.1. The van der Waals surface area contributed by atoms with Crippen LogP contribution in [-0.2, 0) is 20.7 Å². The molecule has 0 aliphatic carbocycles. The number of carbonyl (C=O) groups excluding carboxylic acids is 1. The van der Waals surface area contributed by atoms with E-state index in [1.54, 1.807) is 19.1 Å². The largest absolute Gasteiger partial charge is 0.480 e. The number of nitrogens with zero attached hydrogens (tertiary/aromatic N) is 4. The summed E-state index contributed by atoms with van der Waals surface area (Å²) >= 11 is 0. The smallest absolute Gasteiger partial charge is 0.326 e. The summed E-state index contributed by atoms with van der Waals surface area (Å²) in [6.07, 6.45) is 0.296. The van der Waals surface area contributed by atoms with E-state index in [-0.39, 0.29) is 25.3 Å². The maximum Gasteiger partial charge on any atom is 0.326 e. The average molecular weight is 365 g/mol. The number of carboxylic acid groups (broad SMARTS) is 1. The van der Waals surface area contributed by atoms with Gasteiger partial charge in [0.1, 0.15) is 23.7 Å². The average Bonchev–Trinajstić information content (AvgIpc) is 3.03. The number of aromatic nitrogens is 4. The van der Waals surface area contributed by atoms with E-state index in [2.05, 4.69) is 20.8 Å². The lowest BCUT2D eigenvalue weighted by molar-refractivity contribution is -0.142. The van der Waals surface area contributed by atoms with Gasteiger partial charge in [0, 0.05) is 26.6 Å². The number of methoxy groups -OCH3 is 1. The predicted molar refractivity (Wildman–Crippen MR) is 87.8 cm³/mol. The molecule has 1 aromatic heterocycles. The third-order valence-corrected chi connectivity index (χ3v) is 3.82. The van der Waals surface area contributed by atoms with Crippen LogP contribution in [0.3, 0.4) is 0 Å². The first kappa shape index (κ1) is 19.4. The number of aliphatic carboxylic acids is 1. The van der Waals surface area contributed by atoms with Crippen LogP contribution in [0.25, 0.3) is 0 Å². The summed E-state index contributed by atoms with van der Waals surface area (Å²) in [5, 5.41) is 22.9. The molecule has 0 fully saturated rings. The van der Waals surface area contributed by atoms with Crippen LogP contribution in [0.15, 0.2) is 24.3 Å². The molecule has 0 bridgehead atoms. The van der Waals surface area contributed by atoms with E-state index >= 15 is 0 Å². The maximum absolute atomic E-state index is 13.1. The molecule has 1 aromatic carbocycles. The minimum Gasteiger partial charge on any atom is -0.480 e. The number of rotatable bonds is 9. The topological polar surface area (TPSA) is 119 Å². The number of carboxylic acids is 1. The molecule has 0 radical (unpaired) electrons. The van der Waals surface area contributed by atoms with Gasteiger partial charge in [0.2, 0.25) is 5.91 Å². The second-order valence-electron chi connectivity index (χ2n) is 5.70. The Morgan fingerprint density at radius 3 is 2.58 bits per heavy atom. The summed E-state index contributed by atoms with van der Waals surface area (Å²) < 4.78 is 19.3. The summed E-state index contributed by atoms with van der Waals surface area (Å²) in [4.78, 5) is 24.1. The molecule has 0 aliphatic rings. The zero-order chi connectivity index (χ0) is 19.1. The van der Waals surface area contributed by atoms with Gasteiger partial charge < -0.3 is 15.2 Å². The van der Waals surface area contributed by atoms with Gasteiger partial charge in [-0.05, 0) is 35.0 Å². The molecule has 26 heavy (non-hydrogen) atoms. The highest BCUT2D eigenvalue weighted by Gasteiger charge is 2.28. The molecule has 1 heterocycles. The van der Waals surface area contributed by atoms with Crippen LogP contribution in [0.1, 0.15) is 23.9 Å². The molecule has 2 unspecified atom stereocenters. The van der Waals surface area contributed by atoms with Crippen molar-refractivity contribution in [1.29, 1.82) is 0 Å². The molecule has 10 heteroatoms. The second kappa shape index (κ2) is 8.99. The Labute approximate surface area is 149 Å². The zero-order valence-corrected chi connectivity index (χ0v) is 14.4. The van der Waals surface area contributed by atoms with Gasteiger partial charge >= 0.3 is 5.97 Å². The van der Waals surface area contributed by atoms with Crippen molar-refractivity contribution < 1.29 is 23.8 Å². The number of tetrazole rings is 1. The van der Waals surface area contributed by atoms with E-state index in [0.717, 1.165) is 0 Å². The fraction of sp³-hybridized carbons (Fsp3) is 0.438. The Bertz CT molecular complexity index is 749. The summed E-state index contributed by atoms with van der Waals surface area (Å²) in [5.41, 5.74) is 0.685. The Hall–Kier alpha value is -2.88. The summed E-state index contributed by atoms with van der Waals surface area (Å²) in [5.74, 6) is -1.70. The Morgan fingerprint density at radius 2 is 2.04 bits per heavy atom. The molecule has 0 aliphatic heterocycles. The monoisotopic (exact) mass is 365 g/mol. The van der Waals surface area contributed by atoms with Gasteiger partial charge in [-0.1, -0.05) is 12.1 Å². The second-order valence-corrected chi connectivity index (χ2v) is 5.70. The molecule has 2 aromatic rings. The molecule has 9 nitrogen and oxygen atoms in total. The van der Waals surface area contributed by atoms with Crippen molar-refractivity contribution in [3.63, 3.8) is 0 Å². The first-order valence-electron chi connectivity index (χ1n) is 7.93. The molecule has 0 spiro atoms. The van der Waals surface area contributed by atoms with Crippen LogP contribution < -0.4 is 5.32 Å². The van der Waals surface area contributed by atoms with Crippen LogP contribution in [0, 0.1) is 12.7 Å².